The number of rotatable bonds is 4. The molecule has 1 aromatic rings. The average Bonchev–Trinajstić information content (AvgIpc) is 2.38. The lowest BCUT2D eigenvalue weighted by Gasteiger charge is -2.37. The van der Waals surface area contributed by atoms with Gasteiger partial charge in [0.1, 0.15) is 0 Å². The second-order valence-electron chi connectivity index (χ2n) is 5.32. The van der Waals surface area contributed by atoms with Gasteiger partial charge >= 0.3 is 5.97 Å². The number of aliphatic carboxylic acids is 1. The molecule has 4 heteroatoms. The number of nitrogens with zero attached hydrogens (tertiary/aromatic N) is 2. The van der Waals surface area contributed by atoms with Gasteiger partial charge in [-0.3, -0.25) is 9.78 Å². The molecule has 1 fully saturated rings. The van der Waals surface area contributed by atoms with Crippen LogP contribution in [-0.2, 0) is 11.2 Å². The van der Waals surface area contributed by atoms with E-state index in [0.29, 0.717) is 6.54 Å². The van der Waals surface area contributed by atoms with E-state index in [2.05, 4.69) is 9.88 Å². The van der Waals surface area contributed by atoms with Crippen LogP contribution in [0.15, 0.2) is 24.4 Å². The number of hydrogen-bond donors (Lipinski definition) is 1. The smallest absolute Gasteiger partial charge is 0.310 e. The van der Waals surface area contributed by atoms with Crippen LogP contribution in [0.25, 0.3) is 0 Å². The molecule has 2 heterocycles. The van der Waals surface area contributed by atoms with E-state index in [9.17, 15) is 9.90 Å². The summed E-state index contributed by atoms with van der Waals surface area (Å²) in [6, 6.07) is 5.91. The van der Waals surface area contributed by atoms with Crippen molar-refractivity contribution in [2.24, 2.45) is 5.41 Å². The fourth-order valence-electron chi connectivity index (χ4n) is 2.53. The van der Waals surface area contributed by atoms with E-state index in [0.717, 1.165) is 38.0 Å². The van der Waals surface area contributed by atoms with Crippen LogP contribution in [0.2, 0.25) is 0 Å². The van der Waals surface area contributed by atoms with Gasteiger partial charge in [0.25, 0.3) is 0 Å². The standard InChI is InChI=1S/C14H20N2O2/c1-14(13(17)18)7-4-9-16(11-14)10-6-12-5-2-3-8-15-12/h2-3,5,8H,4,6-7,9-11H2,1H3,(H,17,18). The molecule has 1 aliphatic rings. The van der Waals surface area contributed by atoms with Crippen LogP contribution < -0.4 is 0 Å². The molecule has 2 rings (SSSR count). The molecular formula is C14H20N2O2. The topological polar surface area (TPSA) is 53.4 Å². The summed E-state index contributed by atoms with van der Waals surface area (Å²) >= 11 is 0. The summed E-state index contributed by atoms with van der Waals surface area (Å²) in [7, 11) is 0. The predicted molar refractivity (Wildman–Crippen MR) is 69.4 cm³/mol. The molecule has 98 valence electrons. The van der Waals surface area contributed by atoms with Crippen molar-refractivity contribution in [1.82, 2.24) is 9.88 Å². The highest BCUT2D eigenvalue weighted by Gasteiger charge is 2.37. The Morgan fingerprint density at radius 3 is 3.06 bits per heavy atom. The molecule has 1 atom stereocenters. The first-order valence-corrected chi connectivity index (χ1v) is 6.46. The Kier molecular flexibility index (Phi) is 3.97. The summed E-state index contributed by atoms with van der Waals surface area (Å²) in [5.74, 6) is -0.676. The minimum Gasteiger partial charge on any atom is -0.481 e. The van der Waals surface area contributed by atoms with Gasteiger partial charge in [-0.1, -0.05) is 6.07 Å². The quantitative estimate of drug-likeness (QED) is 0.883. The minimum absolute atomic E-state index is 0.581. The van der Waals surface area contributed by atoms with E-state index in [4.69, 9.17) is 0 Å². The number of carboxylic acids is 1. The number of likely N-dealkylation sites (tertiary alicyclic amines) is 1. The van der Waals surface area contributed by atoms with Crippen LogP contribution in [0.1, 0.15) is 25.5 Å². The summed E-state index contributed by atoms with van der Waals surface area (Å²) in [5, 5.41) is 9.26. The molecule has 1 unspecified atom stereocenters. The summed E-state index contributed by atoms with van der Waals surface area (Å²) < 4.78 is 0. The van der Waals surface area contributed by atoms with Gasteiger partial charge in [-0.2, -0.15) is 0 Å². The summed E-state index contributed by atoms with van der Waals surface area (Å²) in [6.45, 7) is 4.38. The second kappa shape index (κ2) is 5.48. The maximum absolute atomic E-state index is 11.3. The van der Waals surface area contributed by atoms with Crippen LogP contribution >= 0.6 is 0 Å². The summed E-state index contributed by atoms with van der Waals surface area (Å²) in [5.41, 5.74) is 0.489. The van der Waals surface area contributed by atoms with Gasteiger partial charge in [0.05, 0.1) is 5.41 Å². The van der Waals surface area contributed by atoms with Crippen molar-refractivity contribution in [1.29, 1.82) is 0 Å². The van der Waals surface area contributed by atoms with Crippen LogP contribution in [-0.4, -0.2) is 40.6 Å². The van der Waals surface area contributed by atoms with Gasteiger partial charge in [0.15, 0.2) is 0 Å². The average molecular weight is 248 g/mol. The molecule has 0 radical (unpaired) electrons. The molecule has 1 saturated heterocycles. The van der Waals surface area contributed by atoms with Crippen molar-refractivity contribution in [3.05, 3.63) is 30.1 Å². The number of piperidine rings is 1. The fourth-order valence-corrected chi connectivity index (χ4v) is 2.53. The maximum Gasteiger partial charge on any atom is 0.310 e. The number of carboxylic acid groups (broad SMARTS) is 1. The minimum atomic E-state index is -0.676. The first-order valence-electron chi connectivity index (χ1n) is 6.46. The summed E-state index contributed by atoms with van der Waals surface area (Å²) in [6.07, 6.45) is 4.43. The van der Waals surface area contributed by atoms with Crippen LogP contribution in [0, 0.1) is 5.41 Å². The van der Waals surface area contributed by atoms with Gasteiger partial charge in [-0.15, -0.1) is 0 Å². The maximum atomic E-state index is 11.3. The third-order valence-electron chi connectivity index (χ3n) is 3.70. The molecular weight excluding hydrogens is 228 g/mol. The highest BCUT2D eigenvalue weighted by Crippen LogP contribution is 2.29. The molecule has 0 amide bonds. The van der Waals surface area contributed by atoms with Crippen molar-refractivity contribution in [2.75, 3.05) is 19.6 Å². The lowest BCUT2D eigenvalue weighted by Crippen LogP contribution is -2.46. The molecule has 0 aliphatic carbocycles. The SMILES string of the molecule is CC1(C(=O)O)CCCN(CCc2ccccn2)C1. The molecule has 0 saturated carbocycles. The Labute approximate surface area is 108 Å². The highest BCUT2D eigenvalue weighted by molar-refractivity contribution is 5.74. The van der Waals surface area contributed by atoms with Crippen molar-refractivity contribution in [3.63, 3.8) is 0 Å². The van der Waals surface area contributed by atoms with Crippen LogP contribution in [0.3, 0.4) is 0 Å². The Morgan fingerprint density at radius 1 is 1.56 bits per heavy atom. The van der Waals surface area contributed by atoms with E-state index in [1.807, 2.05) is 25.1 Å². The van der Waals surface area contributed by atoms with E-state index in [-0.39, 0.29) is 0 Å². The monoisotopic (exact) mass is 248 g/mol. The fraction of sp³-hybridized carbons (Fsp3) is 0.571. The molecule has 0 bridgehead atoms. The lowest BCUT2D eigenvalue weighted by molar-refractivity contribution is -0.151. The van der Waals surface area contributed by atoms with Gasteiger partial charge < -0.3 is 10.0 Å². The van der Waals surface area contributed by atoms with Gasteiger partial charge in [-0.05, 0) is 38.4 Å². The van der Waals surface area contributed by atoms with Gasteiger partial charge in [-0.25, -0.2) is 0 Å². The Hall–Kier alpha value is -1.42. The molecule has 1 N–H and O–H groups in total. The van der Waals surface area contributed by atoms with Crippen molar-refractivity contribution >= 4 is 5.97 Å². The van der Waals surface area contributed by atoms with E-state index < -0.39 is 11.4 Å². The second-order valence-corrected chi connectivity index (χ2v) is 5.32. The van der Waals surface area contributed by atoms with Crippen molar-refractivity contribution in [2.45, 2.75) is 26.2 Å². The molecule has 0 aromatic carbocycles. The predicted octanol–water partition coefficient (Wildman–Crippen LogP) is 1.81. The van der Waals surface area contributed by atoms with Crippen molar-refractivity contribution in [3.8, 4) is 0 Å². The Balaban J connectivity index is 1.89. The molecule has 1 aromatic heterocycles. The number of hydrogen-bond acceptors (Lipinski definition) is 3. The number of pyridine rings is 1. The molecule has 4 nitrogen and oxygen atoms in total. The number of carbonyl (C=O) groups is 1. The highest BCUT2D eigenvalue weighted by atomic mass is 16.4. The lowest BCUT2D eigenvalue weighted by atomic mass is 9.82. The summed E-state index contributed by atoms with van der Waals surface area (Å²) in [4.78, 5) is 17.8. The van der Waals surface area contributed by atoms with E-state index in [1.165, 1.54) is 0 Å². The van der Waals surface area contributed by atoms with Crippen LogP contribution in [0.4, 0.5) is 0 Å². The third-order valence-corrected chi connectivity index (χ3v) is 3.70. The Morgan fingerprint density at radius 2 is 2.39 bits per heavy atom. The zero-order valence-corrected chi connectivity index (χ0v) is 10.8. The normalized spacial score (nSPS) is 24.9. The van der Waals surface area contributed by atoms with Gasteiger partial charge in [0, 0.05) is 31.4 Å². The zero-order valence-electron chi connectivity index (χ0n) is 10.8. The Bertz CT molecular complexity index is 408. The zero-order chi connectivity index (χ0) is 13.0. The largest absolute Gasteiger partial charge is 0.481 e. The van der Waals surface area contributed by atoms with E-state index >= 15 is 0 Å². The molecule has 0 spiro atoms. The molecule has 1 aliphatic heterocycles. The van der Waals surface area contributed by atoms with Crippen LogP contribution in [0.5, 0.6) is 0 Å². The van der Waals surface area contributed by atoms with Crippen molar-refractivity contribution < 1.29 is 9.90 Å². The third kappa shape index (κ3) is 3.07. The van der Waals surface area contributed by atoms with E-state index in [1.54, 1.807) is 6.20 Å². The number of aromatic nitrogens is 1. The molecule has 18 heavy (non-hydrogen) atoms. The van der Waals surface area contributed by atoms with Gasteiger partial charge in [0.2, 0.25) is 0 Å². The first kappa shape index (κ1) is 13.0. The first-order chi connectivity index (χ1) is 8.60.